The van der Waals surface area contributed by atoms with Crippen LogP contribution < -0.4 is 5.32 Å². The Labute approximate surface area is 192 Å². The standard InChI is InChI=1S/C23H20ClF3N2O4/c1-21(2)10-16-18(17(30)11-21)22(23(25,26)27,20(32)29(16)12-13-6-5-9-33-13)28-19(31)14-7-3-4-8-15(14)24/h3-9H,10-12H2,1-2H3,(H,28,31). The molecular weight excluding hydrogens is 461 g/mol. The van der Waals surface area contributed by atoms with E-state index < -0.39 is 40.3 Å². The number of carbonyl (C=O) groups excluding carboxylic acids is 3. The molecule has 2 aromatic rings. The molecule has 174 valence electrons. The van der Waals surface area contributed by atoms with Crippen LogP contribution in [0.1, 0.15) is 42.8 Å². The molecule has 0 bridgehead atoms. The molecule has 33 heavy (non-hydrogen) atoms. The second-order valence-corrected chi connectivity index (χ2v) is 9.32. The van der Waals surface area contributed by atoms with Crippen molar-refractivity contribution in [2.45, 2.75) is 44.9 Å². The number of alkyl halides is 3. The summed E-state index contributed by atoms with van der Waals surface area (Å²) in [6.07, 6.45) is -4.12. The van der Waals surface area contributed by atoms with Gasteiger partial charge in [0.25, 0.3) is 11.8 Å². The van der Waals surface area contributed by atoms with Crippen LogP contribution in [-0.2, 0) is 16.1 Å². The summed E-state index contributed by atoms with van der Waals surface area (Å²) >= 11 is 6.00. The second-order valence-electron chi connectivity index (χ2n) is 8.92. The van der Waals surface area contributed by atoms with Crippen LogP contribution in [-0.4, -0.2) is 34.2 Å². The van der Waals surface area contributed by atoms with Gasteiger partial charge in [0.1, 0.15) is 5.76 Å². The SMILES string of the molecule is CC1(C)CC(=O)C2=C(C1)N(Cc1ccco1)C(=O)C2(NC(=O)c1ccccc1Cl)C(F)(F)F. The number of carbonyl (C=O) groups is 3. The first-order valence-electron chi connectivity index (χ1n) is 10.1. The third-order valence-electron chi connectivity index (χ3n) is 5.86. The van der Waals surface area contributed by atoms with Crippen LogP contribution in [0.25, 0.3) is 0 Å². The number of amides is 2. The van der Waals surface area contributed by atoms with Gasteiger partial charge in [-0.2, -0.15) is 13.2 Å². The Morgan fingerprint density at radius 3 is 2.45 bits per heavy atom. The highest BCUT2D eigenvalue weighted by atomic mass is 35.5. The van der Waals surface area contributed by atoms with Crippen LogP contribution >= 0.6 is 11.6 Å². The number of nitrogens with zero attached hydrogens (tertiary/aromatic N) is 1. The average Bonchev–Trinajstić information content (AvgIpc) is 3.28. The molecule has 1 N–H and O–H groups in total. The van der Waals surface area contributed by atoms with Crippen molar-refractivity contribution in [3.63, 3.8) is 0 Å². The maximum Gasteiger partial charge on any atom is 0.425 e. The Kier molecular flexibility index (Phi) is 5.43. The number of furan rings is 1. The molecule has 1 atom stereocenters. The van der Waals surface area contributed by atoms with E-state index in [1.165, 1.54) is 42.7 Å². The highest BCUT2D eigenvalue weighted by molar-refractivity contribution is 6.34. The molecule has 0 saturated carbocycles. The lowest BCUT2D eigenvalue weighted by Crippen LogP contribution is -2.66. The lowest BCUT2D eigenvalue weighted by molar-refractivity contribution is -0.191. The van der Waals surface area contributed by atoms with Gasteiger partial charge >= 0.3 is 6.18 Å². The van der Waals surface area contributed by atoms with Crippen LogP contribution in [0.15, 0.2) is 58.3 Å². The zero-order valence-corrected chi connectivity index (χ0v) is 18.5. The van der Waals surface area contributed by atoms with Crippen molar-refractivity contribution in [2.24, 2.45) is 5.41 Å². The van der Waals surface area contributed by atoms with Gasteiger partial charge in [0.2, 0.25) is 5.54 Å². The highest BCUT2D eigenvalue weighted by Gasteiger charge is 2.71. The van der Waals surface area contributed by atoms with Gasteiger partial charge in [-0.25, -0.2) is 0 Å². The topological polar surface area (TPSA) is 79.6 Å². The van der Waals surface area contributed by atoms with E-state index in [1.54, 1.807) is 13.8 Å². The van der Waals surface area contributed by atoms with Crippen LogP contribution in [0.4, 0.5) is 13.2 Å². The van der Waals surface area contributed by atoms with Crippen molar-refractivity contribution in [1.82, 2.24) is 10.2 Å². The fraction of sp³-hybridized carbons (Fsp3) is 0.348. The number of ketones is 1. The zero-order chi connectivity index (χ0) is 24.2. The summed E-state index contributed by atoms with van der Waals surface area (Å²) in [6.45, 7) is 3.16. The third-order valence-corrected chi connectivity index (χ3v) is 6.19. The molecule has 1 aromatic heterocycles. The lowest BCUT2D eigenvalue weighted by atomic mass is 9.72. The fourth-order valence-corrected chi connectivity index (χ4v) is 4.66. The predicted molar refractivity (Wildman–Crippen MR) is 112 cm³/mol. The van der Waals surface area contributed by atoms with Gasteiger partial charge in [0.05, 0.1) is 29.0 Å². The molecule has 10 heteroatoms. The van der Waals surface area contributed by atoms with E-state index in [0.717, 1.165) is 4.90 Å². The first-order chi connectivity index (χ1) is 15.4. The number of allylic oxidation sites excluding steroid dienone is 1. The predicted octanol–water partition coefficient (Wildman–Crippen LogP) is 4.65. The molecule has 4 rings (SSSR count). The maximum absolute atomic E-state index is 14.7. The Hall–Kier alpha value is -3.07. The monoisotopic (exact) mass is 480 g/mol. The minimum absolute atomic E-state index is 0.0420. The number of benzene rings is 1. The number of Topliss-reactive ketones (excluding diaryl/α,β-unsaturated/α-hetero) is 1. The molecule has 1 unspecified atom stereocenters. The summed E-state index contributed by atoms with van der Waals surface area (Å²) < 4.78 is 49.4. The maximum atomic E-state index is 14.7. The molecular formula is C23H20ClF3N2O4. The molecule has 2 heterocycles. The molecule has 6 nitrogen and oxygen atoms in total. The van der Waals surface area contributed by atoms with E-state index in [-0.39, 0.29) is 41.4 Å². The Morgan fingerprint density at radius 2 is 1.85 bits per heavy atom. The smallest absolute Gasteiger partial charge is 0.425 e. The minimum Gasteiger partial charge on any atom is -0.467 e. The number of hydrogen-bond donors (Lipinski definition) is 1. The van der Waals surface area contributed by atoms with Crippen molar-refractivity contribution in [2.75, 3.05) is 0 Å². The van der Waals surface area contributed by atoms with Crippen molar-refractivity contribution < 1.29 is 32.0 Å². The zero-order valence-electron chi connectivity index (χ0n) is 17.8. The number of hydrogen-bond acceptors (Lipinski definition) is 4. The molecule has 2 aliphatic rings. The van der Waals surface area contributed by atoms with Crippen molar-refractivity contribution in [3.05, 3.63) is 70.3 Å². The Balaban J connectivity index is 1.89. The minimum atomic E-state index is -5.29. The normalized spacial score (nSPS) is 22.5. The Bertz CT molecular complexity index is 1170. The van der Waals surface area contributed by atoms with Gasteiger partial charge in [-0.15, -0.1) is 0 Å². The van der Waals surface area contributed by atoms with Crippen LogP contribution in [0.2, 0.25) is 5.02 Å². The third kappa shape index (κ3) is 3.74. The summed E-state index contributed by atoms with van der Waals surface area (Å²) in [5.74, 6) is -3.27. The van der Waals surface area contributed by atoms with Gasteiger partial charge in [0.15, 0.2) is 5.78 Å². The van der Waals surface area contributed by atoms with E-state index in [1.807, 2.05) is 5.32 Å². The highest BCUT2D eigenvalue weighted by Crippen LogP contribution is 2.52. The molecule has 0 saturated heterocycles. The quantitative estimate of drug-likeness (QED) is 0.691. The fourth-order valence-electron chi connectivity index (χ4n) is 4.43. The van der Waals surface area contributed by atoms with Crippen molar-refractivity contribution in [3.8, 4) is 0 Å². The van der Waals surface area contributed by atoms with E-state index in [9.17, 15) is 27.6 Å². The van der Waals surface area contributed by atoms with Gasteiger partial charge in [0, 0.05) is 12.1 Å². The molecule has 1 aromatic carbocycles. The molecule has 2 amide bonds. The molecule has 1 aliphatic heterocycles. The van der Waals surface area contributed by atoms with Crippen molar-refractivity contribution >= 4 is 29.2 Å². The number of nitrogens with one attached hydrogen (secondary N) is 1. The van der Waals surface area contributed by atoms with Crippen molar-refractivity contribution in [1.29, 1.82) is 0 Å². The van der Waals surface area contributed by atoms with Gasteiger partial charge in [-0.1, -0.05) is 37.6 Å². The van der Waals surface area contributed by atoms with E-state index in [4.69, 9.17) is 16.0 Å². The summed E-state index contributed by atoms with van der Waals surface area (Å²) in [5.41, 5.74) is -5.25. The Morgan fingerprint density at radius 1 is 1.15 bits per heavy atom. The molecule has 0 radical (unpaired) electrons. The van der Waals surface area contributed by atoms with E-state index in [2.05, 4.69) is 0 Å². The van der Waals surface area contributed by atoms with E-state index in [0.29, 0.717) is 0 Å². The first-order valence-corrected chi connectivity index (χ1v) is 10.5. The molecule has 0 spiro atoms. The van der Waals surface area contributed by atoms with Crippen LogP contribution in [0, 0.1) is 5.41 Å². The van der Waals surface area contributed by atoms with Gasteiger partial charge in [-0.3, -0.25) is 14.4 Å². The number of halogens is 4. The summed E-state index contributed by atoms with van der Waals surface area (Å²) in [7, 11) is 0. The van der Waals surface area contributed by atoms with Crippen LogP contribution in [0.5, 0.6) is 0 Å². The summed E-state index contributed by atoms with van der Waals surface area (Å²) in [5, 5.41) is 1.77. The van der Waals surface area contributed by atoms with E-state index >= 15 is 0 Å². The van der Waals surface area contributed by atoms with Gasteiger partial charge < -0.3 is 14.6 Å². The largest absolute Gasteiger partial charge is 0.467 e. The van der Waals surface area contributed by atoms with Gasteiger partial charge in [-0.05, 0) is 36.1 Å². The molecule has 0 fully saturated rings. The lowest BCUT2D eigenvalue weighted by Gasteiger charge is -2.35. The number of rotatable bonds is 4. The molecule has 1 aliphatic carbocycles. The average molecular weight is 481 g/mol. The van der Waals surface area contributed by atoms with Crippen LogP contribution in [0.3, 0.4) is 0 Å². The first kappa shape index (κ1) is 23.1. The second kappa shape index (κ2) is 7.76. The summed E-state index contributed by atoms with van der Waals surface area (Å²) in [4.78, 5) is 40.4. The summed E-state index contributed by atoms with van der Waals surface area (Å²) in [6, 6.07) is 8.58.